The molecule has 0 unspecified atom stereocenters. The van der Waals surface area contributed by atoms with Gasteiger partial charge in [-0.2, -0.15) is 0 Å². The van der Waals surface area contributed by atoms with Crippen molar-refractivity contribution < 1.29 is 20.1 Å². The fraction of sp³-hybridized carbons (Fsp3) is 0. The van der Waals surface area contributed by atoms with Crippen molar-refractivity contribution in [1.82, 2.24) is 9.97 Å². The smallest absolute Gasteiger partial charge is 0.0294 e. The van der Waals surface area contributed by atoms with Crippen molar-refractivity contribution in [2.24, 2.45) is 0 Å². The van der Waals surface area contributed by atoms with Gasteiger partial charge in [0, 0.05) is 38.2 Å². The monoisotopic (exact) mass is 551 g/mol. The Labute approximate surface area is 184 Å². The summed E-state index contributed by atoms with van der Waals surface area (Å²) in [5.41, 5.74) is 4.14. The first-order chi connectivity index (χ1) is 13.9. The maximum atomic E-state index is 4.38. The first-order valence-corrected chi connectivity index (χ1v) is 9.11. The Kier molecular flexibility index (Phi) is 7.40. The number of aromatic nitrogens is 2. The summed E-state index contributed by atoms with van der Waals surface area (Å²) in [5, 5.41) is 2.33. The molecule has 1 radical (unpaired) electrons. The second kappa shape index (κ2) is 10.4. The Morgan fingerprint density at radius 3 is 1.93 bits per heavy atom. The minimum Gasteiger partial charge on any atom is -0.305 e. The van der Waals surface area contributed by atoms with E-state index < -0.39 is 0 Å². The van der Waals surface area contributed by atoms with Gasteiger partial charge in [0.15, 0.2) is 0 Å². The van der Waals surface area contributed by atoms with Gasteiger partial charge in [0.05, 0.1) is 0 Å². The summed E-state index contributed by atoms with van der Waals surface area (Å²) in [7, 11) is 0. The van der Waals surface area contributed by atoms with Crippen LogP contribution in [-0.2, 0) is 20.1 Å². The van der Waals surface area contributed by atoms with Crippen molar-refractivity contribution in [2.75, 3.05) is 0 Å². The van der Waals surface area contributed by atoms with E-state index in [2.05, 4.69) is 46.4 Å². The molecule has 5 aromatic rings. The molecule has 3 heteroatoms. The van der Waals surface area contributed by atoms with E-state index in [0.717, 1.165) is 27.9 Å². The molecular weight excluding hydrogens is 533 g/mol. The van der Waals surface area contributed by atoms with Crippen LogP contribution in [0.3, 0.4) is 0 Å². The molecule has 2 heterocycles. The van der Waals surface area contributed by atoms with Gasteiger partial charge in [-0.1, -0.05) is 42.0 Å². The molecular formula is C26H18IrN2-2. The summed E-state index contributed by atoms with van der Waals surface area (Å²) in [4.78, 5) is 8.60. The zero-order valence-electron chi connectivity index (χ0n) is 15.6. The van der Waals surface area contributed by atoms with Gasteiger partial charge < -0.3 is 4.98 Å². The third kappa shape index (κ3) is 5.23. The third-order valence-corrected chi connectivity index (χ3v) is 4.29. The van der Waals surface area contributed by atoms with Crippen molar-refractivity contribution in [3.8, 4) is 22.5 Å². The maximum absolute atomic E-state index is 4.38. The molecule has 2 nitrogen and oxygen atoms in total. The molecule has 0 aliphatic heterocycles. The van der Waals surface area contributed by atoms with Crippen LogP contribution in [0.2, 0.25) is 0 Å². The summed E-state index contributed by atoms with van der Waals surface area (Å²) in [6.07, 6.45) is 3.60. The topological polar surface area (TPSA) is 25.8 Å². The van der Waals surface area contributed by atoms with Gasteiger partial charge in [-0.3, -0.25) is 4.98 Å². The second-order valence-corrected chi connectivity index (χ2v) is 6.15. The molecule has 3 aromatic carbocycles. The Morgan fingerprint density at radius 2 is 1.24 bits per heavy atom. The molecule has 0 fully saturated rings. The first kappa shape index (κ1) is 20.6. The molecule has 0 atom stereocenters. The van der Waals surface area contributed by atoms with E-state index in [-0.39, 0.29) is 20.1 Å². The van der Waals surface area contributed by atoms with E-state index in [9.17, 15) is 0 Å². The molecule has 0 saturated carbocycles. The van der Waals surface area contributed by atoms with E-state index in [4.69, 9.17) is 0 Å². The molecule has 0 amide bonds. The number of benzene rings is 3. The molecule has 0 aliphatic rings. The van der Waals surface area contributed by atoms with Crippen molar-refractivity contribution in [3.05, 3.63) is 122 Å². The number of nitrogens with zero attached hydrogens (tertiary/aromatic N) is 2. The predicted octanol–water partition coefficient (Wildman–Crippen LogP) is 6.25. The molecule has 29 heavy (non-hydrogen) atoms. The summed E-state index contributed by atoms with van der Waals surface area (Å²) in [6.45, 7) is 0. The number of pyridine rings is 2. The largest absolute Gasteiger partial charge is 0.305 e. The van der Waals surface area contributed by atoms with Crippen LogP contribution >= 0.6 is 0 Å². The minimum atomic E-state index is 0. The summed E-state index contributed by atoms with van der Waals surface area (Å²) in [6, 6.07) is 38.3. The van der Waals surface area contributed by atoms with Gasteiger partial charge >= 0.3 is 0 Å². The molecule has 0 aliphatic carbocycles. The third-order valence-electron chi connectivity index (χ3n) is 4.29. The molecule has 5 rings (SSSR count). The Hall–Kier alpha value is -3.13. The quantitative estimate of drug-likeness (QED) is 0.243. The average molecular weight is 551 g/mol. The van der Waals surface area contributed by atoms with Gasteiger partial charge in [0.25, 0.3) is 0 Å². The van der Waals surface area contributed by atoms with Crippen LogP contribution in [0.5, 0.6) is 0 Å². The van der Waals surface area contributed by atoms with Gasteiger partial charge in [-0.25, -0.2) is 0 Å². The number of hydrogen-bond donors (Lipinski definition) is 0. The summed E-state index contributed by atoms with van der Waals surface area (Å²) in [5.74, 6) is 0. The second-order valence-electron chi connectivity index (χ2n) is 6.15. The van der Waals surface area contributed by atoms with E-state index in [1.165, 1.54) is 5.39 Å². The fourth-order valence-corrected chi connectivity index (χ4v) is 2.96. The molecule has 0 spiro atoms. The SMILES string of the molecule is [Ir].[c-]1cccc2cccc(-c3ccccn3)c12.[c-]1ccccc1-c1ccccn1. The zero-order chi connectivity index (χ0) is 19.0. The van der Waals surface area contributed by atoms with Crippen molar-refractivity contribution in [1.29, 1.82) is 0 Å². The van der Waals surface area contributed by atoms with E-state index in [1.807, 2.05) is 79.0 Å². The predicted molar refractivity (Wildman–Crippen MR) is 115 cm³/mol. The van der Waals surface area contributed by atoms with E-state index >= 15 is 0 Å². The van der Waals surface area contributed by atoms with Gasteiger partial charge in [0.1, 0.15) is 0 Å². The molecule has 0 saturated heterocycles. The van der Waals surface area contributed by atoms with Gasteiger partial charge in [-0.15, -0.1) is 70.9 Å². The van der Waals surface area contributed by atoms with Gasteiger partial charge in [-0.05, 0) is 23.9 Å². The normalized spacial score (nSPS) is 9.79. The van der Waals surface area contributed by atoms with Crippen LogP contribution in [0, 0.1) is 12.1 Å². The number of rotatable bonds is 2. The van der Waals surface area contributed by atoms with Crippen LogP contribution in [0.1, 0.15) is 0 Å². The Bertz CT molecular complexity index is 1100. The van der Waals surface area contributed by atoms with Crippen molar-refractivity contribution in [2.45, 2.75) is 0 Å². The van der Waals surface area contributed by atoms with Crippen LogP contribution in [-0.4, -0.2) is 9.97 Å². The van der Waals surface area contributed by atoms with Crippen LogP contribution in [0.15, 0.2) is 109 Å². The van der Waals surface area contributed by atoms with Gasteiger partial charge in [0.2, 0.25) is 0 Å². The Balaban J connectivity index is 0.000000167. The average Bonchev–Trinajstić information content (AvgIpc) is 2.81. The van der Waals surface area contributed by atoms with Crippen LogP contribution in [0.4, 0.5) is 0 Å². The number of hydrogen-bond acceptors (Lipinski definition) is 2. The summed E-state index contributed by atoms with van der Waals surface area (Å²) >= 11 is 0. The molecule has 2 aromatic heterocycles. The molecule has 0 bridgehead atoms. The fourth-order valence-electron chi connectivity index (χ4n) is 2.96. The van der Waals surface area contributed by atoms with E-state index in [0.29, 0.717) is 0 Å². The summed E-state index contributed by atoms with van der Waals surface area (Å²) < 4.78 is 0. The first-order valence-electron chi connectivity index (χ1n) is 9.11. The molecule has 0 N–H and O–H groups in total. The molecule has 143 valence electrons. The standard InChI is InChI=1S/C15H10N.C11H8N.Ir/c1-2-8-13-12(6-1)7-5-9-14(13)15-10-3-4-11-16-15;1-2-6-10(7-3-1)11-8-4-5-9-12-11;/h1-7,9-11H;1-6,8-9H;/q2*-1;. The maximum Gasteiger partial charge on any atom is 0.0294 e. The van der Waals surface area contributed by atoms with Crippen molar-refractivity contribution >= 4 is 10.8 Å². The van der Waals surface area contributed by atoms with Crippen LogP contribution in [0.25, 0.3) is 33.3 Å². The minimum absolute atomic E-state index is 0. The van der Waals surface area contributed by atoms with Crippen molar-refractivity contribution in [3.63, 3.8) is 0 Å². The van der Waals surface area contributed by atoms with Crippen LogP contribution < -0.4 is 0 Å². The number of fused-ring (bicyclic) bond motifs is 1. The Morgan fingerprint density at radius 1 is 0.552 bits per heavy atom. The van der Waals surface area contributed by atoms with E-state index in [1.54, 1.807) is 6.20 Å². The zero-order valence-corrected chi connectivity index (χ0v) is 18.0.